The molecule has 3 atom stereocenters. The summed E-state index contributed by atoms with van der Waals surface area (Å²) < 4.78 is 46.8. The highest BCUT2D eigenvalue weighted by molar-refractivity contribution is 5.02. The molecule has 1 aliphatic heterocycles. The first-order chi connectivity index (χ1) is 8.66. The Bertz CT molecular complexity index is 338. The van der Waals surface area contributed by atoms with E-state index in [0.717, 1.165) is 6.42 Å². The number of halogens is 3. The van der Waals surface area contributed by atoms with Gasteiger partial charge < -0.3 is 9.47 Å². The summed E-state index contributed by atoms with van der Waals surface area (Å²) >= 11 is 0. The number of epoxide rings is 1. The minimum absolute atomic E-state index is 0.0720. The van der Waals surface area contributed by atoms with Crippen LogP contribution in [-0.2, 0) is 9.47 Å². The fraction of sp³-hybridized carbons (Fsp3) is 1.00. The Labute approximate surface area is 120 Å². The van der Waals surface area contributed by atoms with Crippen molar-refractivity contribution in [3.8, 4) is 0 Å². The Balaban J connectivity index is 2.74. The van der Waals surface area contributed by atoms with Crippen LogP contribution in [0.1, 0.15) is 54.9 Å². The van der Waals surface area contributed by atoms with Gasteiger partial charge in [0, 0.05) is 5.41 Å². The van der Waals surface area contributed by atoms with Crippen LogP contribution in [0.4, 0.5) is 13.2 Å². The summed E-state index contributed by atoms with van der Waals surface area (Å²) in [4.78, 5) is 0. The summed E-state index contributed by atoms with van der Waals surface area (Å²) in [7, 11) is 0. The van der Waals surface area contributed by atoms with Gasteiger partial charge in [-0.3, -0.25) is 0 Å². The lowest BCUT2D eigenvalue weighted by Crippen LogP contribution is -2.42. The number of rotatable bonds is 4. The molecule has 1 rings (SSSR count). The Hall–Kier alpha value is -0.290. The van der Waals surface area contributed by atoms with Gasteiger partial charge in [0.2, 0.25) is 0 Å². The second-order valence-corrected chi connectivity index (χ2v) is 8.26. The monoisotopic (exact) mass is 296 g/mol. The molecule has 0 aromatic heterocycles. The number of ether oxygens (including phenoxy) is 2. The second-order valence-electron chi connectivity index (χ2n) is 8.26. The summed E-state index contributed by atoms with van der Waals surface area (Å²) in [6, 6.07) is 0. The molecular weight excluding hydrogens is 269 g/mol. The number of hydrogen-bond donors (Lipinski definition) is 0. The van der Waals surface area contributed by atoms with E-state index >= 15 is 0 Å². The molecule has 0 saturated carbocycles. The minimum atomic E-state index is -4.31. The van der Waals surface area contributed by atoms with Crippen molar-refractivity contribution < 1.29 is 22.6 Å². The average molecular weight is 296 g/mol. The predicted octanol–water partition coefficient (Wildman–Crippen LogP) is 4.78. The Kier molecular flexibility index (Phi) is 4.59. The van der Waals surface area contributed by atoms with Crippen LogP contribution in [0, 0.1) is 16.2 Å². The maximum Gasteiger partial charge on any atom is 0.411 e. The molecule has 2 nitrogen and oxygen atoms in total. The van der Waals surface area contributed by atoms with Crippen LogP contribution < -0.4 is 0 Å². The lowest BCUT2D eigenvalue weighted by Gasteiger charge is -2.45. The van der Waals surface area contributed by atoms with Crippen molar-refractivity contribution in [3.05, 3.63) is 0 Å². The molecule has 0 aromatic carbocycles. The van der Waals surface area contributed by atoms with E-state index in [0.29, 0.717) is 0 Å². The fourth-order valence-corrected chi connectivity index (χ4v) is 2.75. The summed E-state index contributed by atoms with van der Waals surface area (Å²) in [6.07, 6.45) is -4.45. The van der Waals surface area contributed by atoms with E-state index < -0.39 is 19.1 Å². The fourth-order valence-electron chi connectivity index (χ4n) is 2.75. The molecular formula is C15H27F3O2. The molecule has 1 saturated heterocycles. The van der Waals surface area contributed by atoms with Gasteiger partial charge in [-0.1, -0.05) is 48.5 Å². The molecule has 0 aromatic rings. The van der Waals surface area contributed by atoms with E-state index in [1.54, 1.807) is 0 Å². The zero-order valence-corrected chi connectivity index (χ0v) is 13.5. The largest absolute Gasteiger partial charge is 0.411 e. The van der Waals surface area contributed by atoms with Crippen molar-refractivity contribution in [1.29, 1.82) is 0 Å². The van der Waals surface area contributed by atoms with Crippen molar-refractivity contribution in [3.63, 3.8) is 0 Å². The highest BCUT2D eigenvalue weighted by Crippen LogP contribution is 2.55. The van der Waals surface area contributed by atoms with Gasteiger partial charge in [0.05, 0.1) is 0 Å². The SMILES string of the molecule is CC(C)(C)CC(C)(C1OC1OCC(F)(F)F)C(C)(C)C. The summed E-state index contributed by atoms with van der Waals surface area (Å²) in [6.45, 7) is 13.5. The van der Waals surface area contributed by atoms with Gasteiger partial charge in [0.15, 0.2) is 6.29 Å². The number of alkyl halides is 3. The third-order valence-corrected chi connectivity index (χ3v) is 4.10. The third-order valence-electron chi connectivity index (χ3n) is 4.10. The molecule has 20 heavy (non-hydrogen) atoms. The maximum absolute atomic E-state index is 12.2. The van der Waals surface area contributed by atoms with Crippen molar-refractivity contribution in [2.24, 2.45) is 16.2 Å². The van der Waals surface area contributed by atoms with Crippen LogP contribution in [0.15, 0.2) is 0 Å². The molecule has 1 fully saturated rings. The van der Waals surface area contributed by atoms with E-state index in [1.807, 2.05) is 0 Å². The molecule has 0 amide bonds. The van der Waals surface area contributed by atoms with Crippen molar-refractivity contribution in [2.45, 2.75) is 73.5 Å². The quantitative estimate of drug-likeness (QED) is 0.696. The lowest BCUT2D eigenvalue weighted by molar-refractivity contribution is -0.184. The summed E-state index contributed by atoms with van der Waals surface area (Å²) in [5.41, 5.74) is -0.245. The van der Waals surface area contributed by atoms with Gasteiger partial charge in [0.1, 0.15) is 12.7 Å². The topological polar surface area (TPSA) is 21.8 Å². The smallest absolute Gasteiger partial charge is 0.341 e. The van der Waals surface area contributed by atoms with Gasteiger partial charge in [-0.05, 0) is 17.3 Å². The molecule has 1 heterocycles. The molecule has 120 valence electrons. The summed E-state index contributed by atoms with van der Waals surface area (Å²) in [5.74, 6) is 0. The van der Waals surface area contributed by atoms with Gasteiger partial charge >= 0.3 is 6.18 Å². The predicted molar refractivity (Wildman–Crippen MR) is 72.3 cm³/mol. The average Bonchev–Trinajstić information content (AvgIpc) is 2.87. The van der Waals surface area contributed by atoms with Crippen molar-refractivity contribution >= 4 is 0 Å². The minimum Gasteiger partial charge on any atom is -0.341 e. The first-order valence-electron chi connectivity index (χ1n) is 7.00. The van der Waals surface area contributed by atoms with Crippen molar-refractivity contribution in [1.82, 2.24) is 0 Å². The second kappa shape index (κ2) is 5.16. The molecule has 5 heteroatoms. The Morgan fingerprint density at radius 2 is 1.45 bits per heavy atom. The highest BCUT2D eigenvalue weighted by Gasteiger charge is 2.59. The molecule has 0 bridgehead atoms. The van der Waals surface area contributed by atoms with Gasteiger partial charge in [-0.25, -0.2) is 0 Å². The Morgan fingerprint density at radius 1 is 0.950 bits per heavy atom. The van der Waals surface area contributed by atoms with Crippen LogP contribution >= 0.6 is 0 Å². The van der Waals surface area contributed by atoms with E-state index in [9.17, 15) is 13.2 Å². The van der Waals surface area contributed by atoms with E-state index in [1.165, 1.54) is 0 Å². The van der Waals surface area contributed by atoms with Crippen LogP contribution in [0.25, 0.3) is 0 Å². The zero-order chi connectivity index (χ0) is 16.0. The van der Waals surface area contributed by atoms with E-state index in [4.69, 9.17) is 9.47 Å². The van der Waals surface area contributed by atoms with E-state index in [-0.39, 0.29) is 22.3 Å². The maximum atomic E-state index is 12.2. The molecule has 0 N–H and O–H groups in total. The first kappa shape index (κ1) is 17.8. The molecule has 0 spiro atoms. The molecule has 0 aliphatic carbocycles. The van der Waals surface area contributed by atoms with Gasteiger partial charge in [0.25, 0.3) is 0 Å². The molecule has 3 unspecified atom stereocenters. The van der Waals surface area contributed by atoms with Crippen LogP contribution in [0.5, 0.6) is 0 Å². The van der Waals surface area contributed by atoms with E-state index in [2.05, 4.69) is 48.5 Å². The highest BCUT2D eigenvalue weighted by atomic mass is 19.4. The van der Waals surface area contributed by atoms with Crippen molar-refractivity contribution in [2.75, 3.05) is 6.61 Å². The van der Waals surface area contributed by atoms with Gasteiger partial charge in [-0.15, -0.1) is 0 Å². The number of hydrogen-bond acceptors (Lipinski definition) is 2. The lowest BCUT2D eigenvalue weighted by atomic mass is 9.59. The van der Waals surface area contributed by atoms with Crippen LogP contribution in [-0.4, -0.2) is 25.2 Å². The third kappa shape index (κ3) is 4.62. The molecule has 0 radical (unpaired) electrons. The summed E-state index contributed by atoms with van der Waals surface area (Å²) in [5, 5.41) is 0. The van der Waals surface area contributed by atoms with Crippen LogP contribution in [0.2, 0.25) is 0 Å². The Morgan fingerprint density at radius 3 is 1.80 bits per heavy atom. The molecule has 1 aliphatic rings. The zero-order valence-electron chi connectivity index (χ0n) is 13.5. The van der Waals surface area contributed by atoms with Gasteiger partial charge in [-0.2, -0.15) is 13.2 Å². The standard InChI is InChI=1S/C15H27F3O2/c1-12(2,3)8-14(7,13(4,5)6)10-11(20-10)19-9-15(16,17)18/h10-11H,8-9H2,1-7H3. The first-order valence-corrected chi connectivity index (χ1v) is 7.00. The van der Waals surface area contributed by atoms with Crippen LogP contribution in [0.3, 0.4) is 0 Å². The normalized spacial score (nSPS) is 27.3.